The Kier molecular flexibility index (Phi) is 6.20. The summed E-state index contributed by atoms with van der Waals surface area (Å²) in [6, 6.07) is 3.42. The first-order valence-corrected chi connectivity index (χ1v) is 7.34. The minimum absolute atomic E-state index is 0.191. The van der Waals surface area contributed by atoms with Crippen LogP contribution >= 0.6 is 0 Å². The van der Waals surface area contributed by atoms with E-state index in [0.717, 1.165) is 18.4 Å². The van der Waals surface area contributed by atoms with Crippen LogP contribution in [0.4, 0.5) is 0 Å². The van der Waals surface area contributed by atoms with E-state index >= 15 is 0 Å². The van der Waals surface area contributed by atoms with Crippen molar-refractivity contribution in [2.24, 2.45) is 5.73 Å². The molecule has 0 unspecified atom stereocenters. The number of nitrogens with one attached hydrogen (secondary N) is 1. The van der Waals surface area contributed by atoms with E-state index in [1.54, 1.807) is 18.3 Å². The zero-order chi connectivity index (χ0) is 14.9. The van der Waals surface area contributed by atoms with Gasteiger partial charge < -0.3 is 15.8 Å². The predicted molar refractivity (Wildman–Crippen MR) is 80.7 cm³/mol. The van der Waals surface area contributed by atoms with Gasteiger partial charge in [0.1, 0.15) is 5.69 Å². The fourth-order valence-electron chi connectivity index (χ4n) is 2.29. The van der Waals surface area contributed by atoms with Crippen molar-refractivity contribution >= 4 is 5.91 Å². The number of pyridine rings is 1. The van der Waals surface area contributed by atoms with Crippen molar-refractivity contribution in [1.82, 2.24) is 10.3 Å². The van der Waals surface area contributed by atoms with Crippen LogP contribution in [0, 0.1) is 11.8 Å². The lowest BCUT2D eigenvalue weighted by atomic mass is 10.2. The summed E-state index contributed by atoms with van der Waals surface area (Å²) >= 11 is 0. The molecule has 5 nitrogen and oxygen atoms in total. The Labute approximate surface area is 125 Å². The second-order valence-corrected chi connectivity index (χ2v) is 4.97. The molecule has 3 N–H and O–H groups in total. The summed E-state index contributed by atoms with van der Waals surface area (Å²) < 4.78 is 5.69. The molecule has 1 saturated carbocycles. The average Bonchev–Trinajstić information content (AvgIpc) is 3.03. The lowest BCUT2D eigenvalue weighted by molar-refractivity contribution is 0.0581. The van der Waals surface area contributed by atoms with Gasteiger partial charge in [-0.3, -0.25) is 4.79 Å². The molecule has 21 heavy (non-hydrogen) atoms. The molecule has 1 amide bonds. The Morgan fingerprint density at radius 1 is 1.43 bits per heavy atom. The molecule has 0 aliphatic heterocycles. The molecule has 1 aliphatic rings. The lowest BCUT2D eigenvalue weighted by Gasteiger charge is -2.11. The maximum absolute atomic E-state index is 11.9. The highest BCUT2D eigenvalue weighted by molar-refractivity contribution is 5.92. The van der Waals surface area contributed by atoms with Gasteiger partial charge in [0, 0.05) is 18.3 Å². The number of carbonyl (C=O) groups is 1. The van der Waals surface area contributed by atoms with E-state index in [9.17, 15) is 4.79 Å². The second kappa shape index (κ2) is 8.40. The van der Waals surface area contributed by atoms with E-state index in [1.807, 2.05) is 0 Å². The Morgan fingerprint density at radius 2 is 2.24 bits per heavy atom. The maximum atomic E-state index is 11.9. The third-order valence-corrected chi connectivity index (χ3v) is 3.37. The van der Waals surface area contributed by atoms with E-state index < -0.39 is 0 Å². The standard InChI is InChI=1S/C16H21N3O2/c17-9-3-4-13-7-8-15(19-12-13)16(20)18-10-11-21-14-5-1-2-6-14/h7-8,12,14H,1-2,5-6,9-11,17H2,(H,18,20). The summed E-state index contributed by atoms with van der Waals surface area (Å²) in [5, 5.41) is 2.80. The third-order valence-electron chi connectivity index (χ3n) is 3.37. The Bertz CT molecular complexity index is 511. The van der Waals surface area contributed by atoms with E-state index in [-0.39, 0.29) is 5.91 Å². The quantitative estimate of drug-likeness (QED) is 0.627. The number of ether oxygens (including phenoxy) is 1. The normalized spacial score (nSPS) is 14.5. The van der Waals surface area contributed by atoms with Crippen molar-refractivity contribution in [1.29, 1.82) is 0 Å². The van der Waals surface area contributed by atoms with Crippen molar-refractivity contribution < 1.29 is 9.53 Å². The van der Waals surface area contributed by atoms with Crippen LogP contribution in [0.1, 0.15) is 41.7 Å². The Hall–Kier alpha value is -1.90. The Balaban J connectivity index is 1.72. The van der Waals surface area contributed by atoms with Crippen LogP contribution in [0.15, 0.2) is 18.3 Å². The van der Waals surface area contributed by atoms with Crippen molar-refractivity contribution in [3.8, 4) is 11.8 Å². The van der Waals surface area contributed by atoms with Crippen molar-refractivity contribution in [2.45, 2.75) is 31.8 Å². The fourth-order valence-corrected chi connectivity index (χ4v) is 2.29. The van der Waals surface area contributed by atoms with Gasteiger partial charge in [0.2, 0.25) is 0 Å². The topological polar surface area (TPSA) is 77.2 Å². The number of amides is 1. The predicted octanol–water partition coefficient (Wildman–Crippen LogP) is 1.08. The number of carbonyl (C=O) groups excluding carboxylic acids is 1. The molecule has 0 atom stereocenters. The highest BCUT2D eigenvalue weighted by Crippen LogP contribution is 2.20. The van der Waals surface area contributed by atoms with Gasteiger partial charge in [0.05, 0.1) is 19.3 Å². The zero-order valence-corrected chi connectivity index (χ0v) is 12.1. The zero-order valence-electron chi connectivity index (χ0n) is 12.1. The molecule has 0 bridgehead atoms. The summed E-state index contributed by atoms with van der Waals surface area (Å²) in [4.78, 5) is 16.0. The largest absolute Gasteiger partial charge is 0.376 e. The van der Waals surface area contributed by atoms with Gasteiger partial charge in [-0.2, -0.15) is 0 Å². The monoisotopic (exact) mass is 287 g/mol. The van der Waals surface area contributed by atoms with Gasteiger partial charge in [-0.15, -0.1) is 0 Å². The second-order valence-electron chi connectivity index (χ2n) is 4.97. The fraction of sp³-hybridized carbons (Fsp3) is 0.500. The summed E-state index contributed by atoms with van der Waals surface area (Å²) in [5.41, 5.74) is 6.43. The lowest BCUT2D eigenvalue weighted by Crippen LogP contribution is -2.29. The third kappa shape index (κ3) is 5.18. The molecule has 5 heteroatoms. The smallest absolute Gasteiger partial charge is 0.269 e. The van der Waals surface area contributed by atoms with Crippen molar-refractivity contribution in [2.75, 3.05) is 19.7 Å². The minimum atomic E-state index is -0.191. The number of rotatable bonds is 5. The van der Waals surface area contributed by atoms with Crippen LogP contribution in [0.2, 0.25) is 0 Å². The molecular formula is C16H21N3O2. The number of nitrogens with zero attached hydrogens (tertiary/aromatic N) is 1. The van der Waals surface area contributed by atoms with Gasteiger partial charge in [-0.05, 0) is 25.0 Å². The number of hydrogen-bond acceptors (Lipinski definition) is 4. The number of hydrogen-bond donors (Lipinski definition) is 2. The molecule has 1 aromatic heterocycles. The van der Waals surface area contributed by atoms with Gasteiger partial charge in [0.25, 0.3) is 5.91 Å². The number of aromatic nitrogens is 1. The van der Waals surface area contributed by atoms with Crippen molar-refractivity contribution in [3.05, 3.63) is 29.6 Å². The number of nitrogens with two attached hydrogens (primary N) is 1. The first kappa shape index (κ1) is 15.5. The minimum Gasteiger partial charge on any atom is -0.376 e. The van der Waals surface area contributed by atoms with Gasteiger partial charge in [-0.1, -0.05) is 24.7 Å². The van der Waals surface area contributed by atoms with E-state index in [0.29, 0.717) is 31.5 Å². The first-order valence-electron chi connectivity index (χ1n) is 7.34. The summed E-state index contributed by atoms with van der Waals surface area (Å²) in [5.74, 6) is 5.42. The molecule has 1 aliphatic carbocycles. The Morgan fingerprint density at radius 3 is 2.90 bits per heavy atom. The molecule has 0 saturated heterocycles. The molecule has 1 heterocycles. The molecular weight excluding hydrogens is 266 g/mol. The highest BCUT2D eigenvalue weighted by Gasteiger charge is 2.15. The molecule has 0 aromatic carbocycles. The average molecular weight is 287 g/mol. The molecule has 112 valence electrons. The van der Waals surface area contributed by atoms with E-state index in [1.165, 1.54) is 12.8 Å². The van der Waals surface area contributed by atoms with E-state index in [4.69, 9.17) is 10.5 Å². The highest BCUT2D eigenvalue weighted by atomic mass is 16.5. The molecule has 1 fully saturated rings. The molecule has 0 spiro atoms. The summed E-state index contributed by atoms with van der Waals surface area (Å²) in [7, 11) is 0. The molecule has 0 radical (unpaired) electrons. The SMILES string of the molecule is NCC#Cc1ccc(C(=O)NCCOC2CCCC2)nc1. The summed E-state index contributed by atoms with van der Waals surface area (Å²) in [6.07, 6.45) is 6.73. The van der Waals surface area contributed by atoms with Crippen molar-refractivity contribution in [3.63, 3.8) is 0 Å². The van der Waals surface area contributed by atoms with Crippen LogP contribution in [-0.2, 0) is 4.74 Å². The van der Waals surface area contributed by atoms with Crippen LogP contribution in [0.3, 0.4) is 0 Å². The van der Waals surface area contributed by atoms with Crippen LogP contribution in [-0.4, -0.2) is 36.7 Å². The van der Waals surface area contributed by atoms with Gasteiger partial charge in [-0.25, -0.2) is 4.98 Å². The van der Waals surface area contributed by atoms with Gasteiger partial charge >= 0.3 is 0 Å². The van der Waals surface area contributed by atoms with Crippen LogP contribution in [0.25, 0.3) is 0 Å². The summed E-state index contributed by atoms with van der Waals surface area (Å²) in [6.45, 7) is 1.37. The van der Waals surface area contributed by atoms with Crippen LogP contribution in [0.5, 0.6) is 0 Å². The molecule has 1 aromatic rings. The maximum Gasteiger partial charge on any atom is 0.269 e. The van der Waals surface area contributed by atoms with E-state index in [2.05, 4.69) is 22.1 Å². The molecule has 2 rings (SSSR count). The van der Waals surface area contributed by atoms with Gasteiger partial charge in [0.15, 0.2) is 0 Å². The van der Waals surface area contributed by atoms with Crippen LogP contribution < -0.4 is 11.1 Å². The first-order chi connectivity index (χ1) is 10.3.